The Labute approximate surface area is 93.0 Å². The molecule has 0 aliphatic carbocycles. The van der Waals surface area contributed by atoms with Crippen molar-refractivity contribution in [3.63, 3.8) is 0 Å². The van der Waals surface area contributed by atoms with Gasteiger partial charge in [-0.3, -0.25) is 4.79 Å². The SMILES string of the molecule is CCCCC(CCC)N1CC(N)CC1=O. The van der Waals surface area contributed by atoms with Crippen LogP contribution >= 0.6 is 0 Å². The molecule has 0 saturated carbocycles. The second kappa shape index (κ2) is 6.11. The Morgan fingerprint density at radius 3 is 2.60 bits per heavy atom. The molecule has 1 rings (SSSR count). The van der Waals surface area contributed by atoms with E-state index in [-0.39, 0.29) is 11.9 Å². The van der Waals surface area contributed by atoms with Gasteiger partial charge in [-0.1, -0.05) is 33.1 Å². The molecule has 0 aromatic rings. The summed E-state index contributed by atoms with van der Waals surface area (Å²) >= 11 is 0. The molecule has 1 saturated heterocycles. The van der Waals surface area contributed by atoms with Crippen LogP contribution in [-0.2, 0) is 4.79 Å². The van der Waals surface area contributed by atoms with Gasteiger partial charge in [-0.2, -0.15) is 0 Å². The molecule has 0 radical (unpaired) electrons. The lowest BCUT2D eigenvalue weighted by Crippen LogP contribution is -2.37. The van der Waals surface area contributed by atoms with Gasteiger partial charge < -0.3 is 10.6 Å². The topological polar surface area (TPSA) is 46.3 Å². The van der Waals surface area contributed by atoms with Crippen LogP contribution in [0.4, 0.5) is 0 Å². The number of nitrogens with two attached hydrogens (primary N) is 1. The van der Waals surface area contributed by atoms with Gasteiger partial charge in [0.1, 0.15) is 0 Å². The first kappa shape index (κ1) is 12.5. The van der Waals surface area contributed by atoms with E-state index in [2.05, 4.69) is 13.8 Å². The van der Waals surface area contributed by atoms with E-state index in [0.717, 1.165) is 25.8 Å². The number of amides is 1. The molecule has 1 aliphatic rings. The minimum absolute atomic E-state index is 0.0680. The van der Waals surface area contributed by atoms with E-state index < -0.39 is 0 Å². The van der Waals surface area contributed by atoms with E-state index in [9.17, 15) is 4.79 Å². The Hall–Kier alpha value is -0.570. The molecule has 2 unspecified atom stereocenters. The van der Waals surface area contributed by atoms with Crippen LogP contribution < -0.4 is 5.73 Å². The number of nitrogens with zero attached hydrogens (tertiary/aromatic N) is 1. The molecule has 1 heterocycles. The second-order valence-electron chi connectivity index (χ2n) is 4.60. The highest BCUT2D eigenvalue weighted by Gasteiger charge is 2.31. The molecule has 0 spiro atoms. The lowest BCUT2D eigenvalue weighted by atomic mass is 10.0. The molecule has 0 bridgehead atoms. The third-order valence-electron chi connectivity index (χ3n) is 3.14. The van der Waals surface area contributed by atoms with Crippen molar-refractivity contribution in [1.82, 2.24) is 4.90 Å². The third-order valence-corrected chi connectivity index (χ3v) is 3.14. The van der Waals surface area contributed by atoms with Gasteiger partial charge >= 0.3 is 0 Å². The number of unbranched alkanes of at least 4 members (excludes halogenated alkanes) is 1. The van der Waals surface area contributed by atoms with Crippen LogP contribution in [0.5, 0.6) is 0 Å². The summed E-state index contributed by atoms with van der Waals surface area (Å²) in [6.45, 7) is 5.15. The number of hydrogen-bond acceptors (Lipinski definition) is 2. The van der Waals surface area contributed by atoms with Gasteiger partial charge in [-0.25, -0.2) is 0 Å². The summed E-state index contributed by atoms with van der Waals surface area (Å²) in [5, 5.41) is 0. The fourth-order valence-electron chi connectivity index (χ4n) is 2.34. The number of carbonyl (C=O) groups is 1. The van der Waals surface area contributed by atoms with Gasteiger partial charge in [0.2, 0.25) is 5.91 Å². The molecule has 0 aromatic carbocycles. The van der Waals surface area contributed by atoms with E-state index in [1.54, 1.807) is 0 Å². The summed E-state index contributed by atoms with van der Waals surface area (Å²) in [5.74, 6) is 0.261. The van der Waals surface area contributed by atoms with Gasteiger partial charge in [0.25, 0.3) is 0 Å². The smallest absolute Gasteiger partial charge is 0.224 e. The predicted octanol–water partition coefficient (Wildman–Crippen LogP) is 1.90. The maximum absolute atomic E-state index is 11.7. The summed E-state index contributed by atoms with van der Waals surface area (Å²) < 4.78 is 0. The van der Waals surface area contributed by atoms with Crippen molar-refractivity contribution in [2.45, 2.75) is 64.5 Å². The maximum Gasteiger partial charge on any atom is 0.224 e. The van der Waals surface area contributed by atoms with Crippen molar-refractivity contribution in [2.75, 3.05) is 6.54 Å². The standard InChI is InChI=1S/C12H24N2O/c1-3-5-7-11(6-4-2)14-9-10(13)8-12(14)15/h10-11H,3-9,13H2,1-2H3. The summed E-state index contributed by atoms with van der Waals surface area (Å²) in [6.07, 6.45) is 6.37. The van der Waals surface area contributed by atoms with Crippen molar-refractivity contribution >= 4 is 5.91 Å². The summed E-state index contributed by atoms with van der Waals surface area (Å²) in [4.78, 5) is 13.7. The Balaban J connectivity index is 2.50. The molecule has 0 aromatic heterocycles. The lowest BCUT2D eigenvalue weighted by molar-refractivity contribution is -0.129. The highest BCUT2D eigenvalue weighted by molar-refractivity contribution is 5.79. The largest absolute Gasteiger partial charge is 0.338 e. The van der Waals surface area contributed by atoms with Gasteiger partial charge in [-0.15, -0.1) is 0 Å². The number of rotatable bonds is 6. The van der Waals surface area contributed by atoms with E-state index in [0.29, 0.717) is 12.5 Å². The highest BCUT2D eigenvalue weighted by Crippen LogP contribution is 2.20. The van der Waals surface area contributed by atoms with Crippen LogP contribution in [0.2, 0.25) is 0 Å². The maximum atomic E-state index is 11.7. The minimum atomic E-state index is 0.0680. The normalized spacial score (nSPS) is 23.5. The Bertz CT molecular complexity index is 206. The fraction of sp³-hybridized carbons (Fsp3) is 0.917. The van der Waals surface area contributed by atoms with E-state index in [1.165, 1.54) is 12.8 Å². The Kier molecular flexibility index (Phi) is 5.09. The average molecular weight is 212 g/mol. The summed E-state index contributed by atoms with van der Waals surface area (Å²) in [5.41, 5.74) is 5.82. The number of hydrogen-bond donors (Lipinski definition) is 1. The van der Waals surface area contributed by atoms with Gasteiger partial charge in [-0.05, 0) is 12.8 Å². The molecule has 1 aliphatic heterocycles. The van der Waals surface area contributed by atoms with Crippen LogP contribution in [0.15, 0.2) is 0 Å². The molecule has 2 N–H and O–H groups in total. The van der Waals surface area contributed by atoms with Gasteiger partial charge in [0, 0.05) is 25.0 Å². The molecule has 88 valence electrons. The quantitative estimate of drug-likeness (QED) is 0.731. The van der Waals surface area contributed by atoms with Gasteiger partial charge in [0.05, 0.1) is 0 Å². The van der Waals surface area contributed by atoms with Crippen molar-refractivity contribution in [3.05, 3.63) is 0 Å². The van der Waals surface area contributed by atoms with Crippen molar-refractivity contribution < 1.29 is 4.79 Å². The minimum Gasteiger partial charge on any atom is -0.338 e. The molecule has 2 atom stereocenters. The predicted molar refractivity (Wildman–Crippen MR) is 62.5 cm³/mol. The van der Waals surface area contributed by atoms with Crippen LogP contribution in [-0.4, -0.2) is 29.4 Å². The number of carbonyl (C=O) groups excluding carboxylic acids is 1. The number of likely N-dealkylation sites (tertiary alicyclic amines) is 1. The lowest BCUT2D eigenvalue weighted by Gasteiger charge is -2.27. The molecule has 1 amide bonds. The van der Waals surface area contributed by atoms with Crippen LogP contribution in [0.25, 0.3) is 0 Å². The summed E-state index contributed by atoms with van der Waals surface area (Å²) in [7, 11) is 0. The molecular weight excluding hydrogens is 188 g/mol. The second-order valence-corrected chi connectivity index (χ2v) is 4.60. The Morgan fingerprint density at radius 1 is 1.40 bits per heavy atom. The van der Waals surface area contributed by atoms with Crippen molar-refractivity contribution in [1.29, 1.82) is 0 Å². The zero-order chi connectivity index (χ0) is 11.3. The highest BCUT2D eigenvalue weighted by atomic mass is 16.2. The molecular formula is C12H24N2O. The van der Waals surface area contributed by atoms with Crippen LogP contribution in [0.1, 0.15) is 52.4 Å². The fourth-order valence-corrected chi connectivity index (χ4v) is 2.34. The van der Waals surface area contributed by atoms with Crippen molar-refractivity contribution in [3.8, 4) is 0 Å². The first-order valence-electron chi connectivity index (χ1n) is 6.24. The first-order valence-corrected chi connectivity index (χ1v) is 6.24. The molecule has 3 heteroatoms. The van der Waals surface area contributed by atoms with E-state index >= 15 is 0 Å². The van der Waals surface area contributed by atoms with E-state index in [1.807, 2.05) is 4.90 Å². The first-order chi connectivity index (χ1) is 7.19. The zero-order valence-electron chi connectivity index (χ0n) is 10.0. The van der Waals surface area contributed by atoms with E-state index in [4.69, 9.17) is 5.73 Å². The third kappa shape index (κ3) is 3.49. The molecule has 1 fully saturated rings. The summed E-state index contributed by atoms with van der Waals surface area (Å²) in [6, 6.07) is 0.509. The van der Waals surface area contributed by atoms with Crippen molar-refractivity contribution in [2.24, 2.45) is 5.73 Å². The Morgan fingerprint density at radius 2 is 2.13 bits per heavy atom. The van der Waals surface area contributed by atoms with Gasteiger partial charge in [0.15, 0.2) is 0 Å². The zero-order valence-corrected chi connectivity index (χ0v) is 10.0. The molecule has 15 heavy (non-hydrogen) atoms. The average Bonchev–Trinajstić information content (AvgIpc) is 2.52. The van der Waals surface area contributed by atoms with Crippen LogP contribution in [0, 0.1) is 0 Å². The molecule has 3 nitrogen and oxygen atoms in total. The monoisotopic (exact) mass is 212 g/mol. The van der Waals surface area contributed by atoms with Crippen LogP contribution in [0.3, 0.4) is 0 Å².